The van der Waals surface area contributed by atoms with Gasteiger partial charge in [0.05, 0.1) is 0 Å². The maximum atomic E-state index is 3.35. The Balaban J connectivity index is 0.000000490. The smallest absolute Gasteiger partial charge is 0.317 e. The summed E-state index contributed by atoms with van der Waals surface area (Å²) in [7, 11) is 0. The van der Waals surface area contributed by atoms with Crippen molar-refractivity contribution < 1.29 is 18.9 Å². The fraction of sp³-hybridized carbons (Fsp3) is 1.00. The van der Waals surface area contributed by atoms with E-state index < -0.39 is 0 Å². The molecule has 1 fully saturated rings. The number of rotatable bonds is 0. The summed E-state index contributed by atoms with van der Waals surface area (Å²) in [5.41, 5.74) is 0. The fourth-order valence-electron chi connectivity index (χ4n) is 0.979. The predicted molar refractivity (Wildman–Crippen MR) is 31.3 cm³/mol. The van der Waals surface area contributed by atoms with Gasteiger partial charge in [-0.2, -0.15) is 0 Å². The zero-order valence-electron chi connectivity index (χ0n) is 5.74. The van der Waals surface area contributed by atoms with Crippen molar-refractivity contribution in [3.05, 3.63) is 0 Å². The first-order valence-corrected chi connectivity index (χ1v) is 3.21. The van der Waals surface area contributed by atoms with Crippen LogP contribution in [0, 0.1) is 0 Å². The first-order valence-electron chi connectivity index (χ1n) is 3.21. The van der Waals surface area contributed by atoms with Crippen molar-refractivity contribution in [1.82, 2.24) is 5.32 Å². The molecule has 0 aromatic carbocycles. The van der Waals surface area contributed by atoms with E-state index in [0.29, 0.717) is 0 Å². The minimum atomic E-state index is 0. The van der Waals surface area contributed by atoms with Crippen molar-refractivity contribution >= 4 is 0 Å². The van der Waals surface area contributed by atoms with E-state index in [9.17, 15) is 0 Å². The molecule has 0 aromatic heterocycles. The molecular weight excluding hydrogens is 93.0 g/mol. The second-order valence-electron chi connectivity index (χ2n) is 2.16. The summed E-state index contributed by atoms with van der Waals surface area (Å²) in [4.78, 5) is 0. The van der Waals surface area contributed by atoms with Gasteiger partial charge >= 0.3 is 18.9 Å². The quantitative estimate of drug-likeness (QED) is 0.358. The summed E-state index contributed by atoms with van der Waals surface area (Å²) in [6, 6.07) is 0. The molecule has 1 nitrogen and oxygen atoms in total. The summed E-state index contributed by atoms with van der Waals surface area (Å²) >= 11 is 0. The summed E-state index contributed by atoms with van der Waals surface area (Å²) in [6.07, 6.45) is 5.65. The van der Waals surface area contributed by atoms with Crippen LogP contribution in [0.15, 0.2) is 0 Å². The van der Waals surface area contributed by atoms with Crippen molar-refractivity contribution in [2.24, 2.45) is 0 Å². The summed E-state index contributed by atoms with van der Waals surface area (Å²) in [6.45, 7) is 2.50. The molecule has 1 saturated heterocycles. The van der Waals surface area contributed by atoms with Gasteiger partial charge in [-0.3, -0.25) is 0 Å². The molecule has 0 amide bonds. The summed E-state index contributed by atoms with van der Waals surface area (Å²) < 4.78 is 0. The minimum Gasteiger partial charge on any atom is -0.317 e. The molecule has 1 heterocycles. The Labute approximate surface area is 63.4 Å². The largest absolute Gasteiger partial charge is 1.00 e. The third kappa shape index (κ3) is 3.55. The molecule has 2 heteroatoms. The van der Waals surface area contributed by atoms with Gasteiger partial charge in [-0.05, 0) is 25.9 Å². The van der Waals surface area contributed by atoms with Gasteiger partial charge in [-0.25, -0.2) is 0 Å². The standard InChI is InChI=1S/C6H13N.Li/c1-2-4-6-7-5-3-1;/h7H,1-6H2;/q;+1. The Morgan fingerprint density at radius 1 is 0.750 bits per heavy atom. The van der Waals surface area contributed by atoms with E-state index in [2.05, 4.69) is 5.32 Å². The molecule has 1 N–H and O–H groups in total. The first kappa shape index (κ1) is 8.56. The van der Waals surface area contributed by atoms with Crippen LogP contribution in [0.1, 0.15) is 25.7 Å². The van der Waals surface area contributed by atoms with E-state index in [0.717, 1.165) is 0 Å². The molecule has 8 heavy (non-hydrogen) atoms. The van der Waals surface area contributed by atoms with Crippen LogP contribution < -0.4 is 24.2 Å². The molecule has 0 unspecified atom stereocenters. The topological polar surface area (TPSA) is 12.0 Å². The Kier molecular flexibility index (Phi) is 6.09. The molecule has 1 rings (SSSR count). The van der Waals surface area contributed by atoms with Crippen LogP contribution in [0.3, 0.4) is 0 Å². The Morgan fingerprint density at radius 2 is 1.25 bits per heavy atom. The first-order chi connectivity index (χ1) is 3.50. The molecule has 0 atom stereocenters. The zero-order valence-corrected chi connectivity index (χ0v) is 5.74. The zero-order chi connectivity index (χ0) is 4.95. The minimum absolute atomic E-state index is 0. The van der Waals surface area contributed by atoms with Crippen molar-refractivity contribution in [2.45, 2.75) is 25.7 Å². The monoisotopic (exact) mass is 106 g/mol. The van der Waals surface area contributed by atoms with E-state index in [4.69, 9.17) is 0 Å². The van der Waals surface area contributed by atoms with Gasteiger partial charge in [0, 0.05) is 0 Å². The van der Waals surface area contributed by atoms with Gasteiger partial charge in [-0.1, -0.05) is 12.8 Å². The summed E-state index contributed by atoms with van der Waals surface area (Å²) in [5.74, 6) is 0. The van der Waals surface area contributed by atoms with Crippen LogP contribution in [-0.4, -0.2) is 13.1 Å². The molecule has 0 saturated carbocycles. The third-order valence-electron chi connectivity index (χ3n) is 1.46. The van der Waals surface area contributed by atoms with Gasteiger partial charge < -0.3 is 5.32 Å². The van der Waals surface area contributed by atoms with Gasteiger partial charge in [0.2, 0.25) is 0 Å². The average Bonchev–Trinajstić information content (AvgIpc) is 1.90. The third-order valence-corrected chi connectivity index (χ3v) is 1.46. The second-order valence-corrected chi connectivity index (χ2v) is 2.16. The normalized spacial score (nSPS) is 21.0. The summed E-state index contributed by atoms with van der Waals surface area (Å²) in [5, 5.41) is 3.35. The van der Waals surface area contributed by atoms with Crippen molar-refractivity contribution in [1.29, 1.82) is 0 Å². The fourth-order valence-corrected chi connectivity index (χ4v) is 0.979. The Morgan fingerprint density at radius 3 is 1.75 bits per heavy atom. The van der Waals surface area contributed by atoms with Gasteiger partial charge in [-0.15, -0.1) is 0 Å². The van der Waals surface area contributed by atoms with Crippen molar-refractivity contribution in [3.8, 4) is 0 Å². The average molecular weight is 106 g/mol. The Bertz CT molecular complexity index is 28.1. The van der Waals surface area contributed by atoms with Crippen LogP contribution in [0.25, 0.3) is 0 Å². The molecule has 0 bridgehead atoms. The van der Waals surface area contributed by atoms with Crippen LogP contribution in [0.4, 0.5) is 0 Å². The van der Waals surface area contributed by atoms with E-state index in [1.165, 1.54) is 38.8 Å². The van der Waals surface area contributed by atoms with Crippen LogP contribution in [-0.2, 0) is 0 Å². The Hall–Kier alpha value is 0.557. The molecule has 0 aromatic rings. The van der Waals surface area contributed by atoms with Gasteiger partial charge in [0.1, 0.15) is 0 Å². The van der Waals surface area contributed by atoms with Crippen molar-refractivity contribution in [3.63, 3.8) is 0 Å². The van der Waals surface area contributed by atoms with E-state index in [1.807, 2.05) is 0 Å². The van der Waals surface area contributed by atoms with Gasteiger partial charge in [0.25, 0.3) is 0 Å². The maximum absolute atomic E-state index is 3.35. The van der Waals surface area contributed by atoms with Gasteiger partial charge in [0.15, 0.2) is 0 Å². The van der Waals surface area contributed by atoms with Crippen molar-refractivity contribution in [2.75, 3.05) is 13.1 Å². The SMILES string of the molecule is C1CCCNCC1.[Li+]. The molecule has 0 aliphatic carbocycles. The maximum Gasteiger partial charge on any atom is 1.00 e. The molecule has 0 radical (unpaired) electrons. The van der Waals surface area contributed by atoms with E-state index in [1.54, 1.807) is 0 Å². The van der Waals surface area contributed by atoms with E-state index in [-0.39, 0.29) is 18.9 Å². The molecule has 42 valence electrons. The molecule has 0 spiro atoms. The van der Waals surface area contributed by atoms with E-state index >= 15 is 0 Å². The van der Waals surface area contributed by atoms with Crippen LogP contribution in [0.2, 0.25) is 0 Å². The number of nitrogens with one attached hydrogen (secondary N) is 1. The number of hydrogen-bond acceptors (Lipinski definition) is 1. The molecule has 1 aliphatic heterocycles. The molecular formula is C6H13LiN+. The predicted octanol–water partition coefficient (Wildman–Crippen LogP) is -1.85. The van der Waals surface area contributed by atoms with Crippen LogP contribution >= 0.6 is 0 Å². The number of hydrogen-bond donors (Lipinski definition) is 1. The molecule has 1 aliphatic rings. The second kappa shape index (κ2) is 5.69. The van der Waals surface area contributed by atoms with Crippen LogP contribution in [0.5, 0.6) is 0 Å².